The molecular formula is C16H14BrCl2NO. The summed E-state index contributed by atoms with van der Waals surface area (Å²) in [6, 6.07) is 12.8. The molecule has 0 saturated carbocycles. The first-order chi connectivity index (χ1) is 9.95. The number of halogens is 3. The van der Waals surface area contributed by atoms with Crippen LogP contribution < -0.4 is 5.32 Å². The van der Waals surface area contributed by atoms with Crippen LogP contribution in [0.5, 0.6) is 0 Å². The molecule has 2 nitrogen and oxygen atoms in total. The van der Waals surface area contributed by atoms with Crippen LogP contribution in [0.2, 0.25) is 10.0 Å². The number of hydrogen-bond acceptors (Lipinski definition) is 1. The molecule has 0 bridgehead atoms. The van der Waals surface area contributed by atoms with Gasteiger partial charge in [-0.3, -0.25) is 4.79 Å². The van der Waals surface area contributed by atoms with Crippen molar-refractivity contribution in [3.63, 3.8) is 0 Å². The van der Waals surface area contributed by atoms with Gasteiger partial charge in [0.25, 0.3) is 5.91 Å². The molecule has 0 aromatic heterocycles. The highest BCUT2D eigenvalue weighted by molar-refractivity contribution is 9.10. The molecule has 0 fully saturated rings. The molecule has 2 aromatic carbocycles. The van der Waals surface area contributed by atoms with Gasteiger partial charge in [-0.25, -0.2) is 0 Å². The zero-order valence-electron chi connectivity index (χ0n) is 11.4. The van der Waals surface area contributed by atoms with E-state index < -0.39 is 0 Å². The summed E-state index contributed by atoms with van der Waals surface area (Å²) in [5.41, 5.74) is 1.67. The maximum absolute atomic E-state index is 12.2. The van der Waals surface area contributed by atoms with E-state index >= 15 is 0 Å². The van der Waals surface area contributed by atoms with Gasteiger partial charge in [-0.2, -0.15) is 0 Å². The highest BCUT2D eigenvalue weighted by Crippen LogP contribution is 2.23. The molecule has 2 aromatic rings. The fourth-order valence-electron chi connectivity index (χ4n) is 1.97. The van der Waals surface area contributed by atoms with Gasteiger partial charge < -0.3 is 5.32 Å². The number of carbonyl (C=O) groups is 1. The zero-order chi connectivity index (χ0) is 15.4. The molecule has 1 amide bonds. The normalized spacial score (nSPS) is 12.0. The maximum atomic E-state index is 12.2. The van der Waals surface area contributed by atoms with Gasteiger partial charge in [0.1, 0.15) is 0 Å². The summed E-state index contributed by atoms with van der Waals surface area (Å²) in [7, 11) is 0. The Kier molecular flexibility index (Phi) is 5.68. The van der Waals surface area contributed by atoms with Crippen LogP contribution in [0, 0.1) is 0 Å². The van der Waals surface area contributed by atoms with E-state index in [4.69, 9.17) is 23.2 Å². The zero-order valence-corrected chi connectivity index (χ0v) is 14.5. The molecule has 1 unspecified atom stereocenters. The van der Waals surface area contributed by atoms with Crippen LogP contribution in [-0.4, -0.2) is 11.9 Å². The Bertz CT molecular complexity index is 643. The molecule has 0 aliphatic carbocycles. The van der Waals surface area contributed by atoms with Crippen molar-refractivity contribution in [2.24, 2.45) is 0 Å². The van der Waals surface area contributed by atoms with Crippen molar-refractivity contribution in [3.05, 3.63) is 68.1 Å². The minimum atomic E-state index is -0.133. The lowest BCUT2D eigenvalue weighted by Crippen LogP contribution is -2.34. The predicted molar refractivity (Wildman–Crippen MR) is 91.2 cm³/mol. The van der Waals surface area contributed by atoms with Crippen molar-refractivity contribution >= 4 is 45.0 Å². The molecule has 5 heteroatoms. The number of rotatable bonds is 4. The van der Waals surface area contributed by atoms with Gasteiger partial charge in [0, 0.05) is 21.1 Å². The summed E-state index contributed by atoms with van der Waals surface area (Å²) < 4.78 is 0.773. The van der Waals surface area contributed by atoms with Crippen molar-refractivity contribution in [1.82, 2.24) is 5.32 Å². The molecule has 0 aliphatic heterocycles. The van der Waals surface area contributed by atoms with Gasteiger partial charge in [0.05, 0.1) is 5.02 Å². The van der Waals surface area contributed by atoms with Crippen LogP contribution in [0.1, 0.15) is 22.8 Å². The van der Waals surface area contributed by atoms with E-state index in [9.17, 15) is 4.79 Å². The third kappa shape index (κ3) is 4.73. The predicted octanol–water partition coefficient (Wildman–Crippen LogP) is 5.12. The van der Waals surface area contributed by atoms with E-state index in [1.165, 1.54) is 0 Å². The Balaban J connectivity index is 1.98. The number of carbonyl (C=O) groups excluding carboxylic acids is 1. The van der Waals surface area contributed by atoms with Crippen LogP contribution >= 0.6 is 39.1 Å². The average Bonchev–Trinajstić information content (AvgIpc) is 2.44. The van der Waals surface area contributed by atoms with Gasteiger partial charge in [-0.05, 0) is 65.2 Å². The number of benzene rings is 2. The van der Waals surface area contributed by atoms with Crippen molar-refractivity contribution in [1.29, 1.82) is 0 Å². The van der Waals surface area contributed by atoms with Gasteiger partial charge in [-0.15, -0.1) is 0 Å². The van der Waals surface area contributed by atoms with Gasteiger partial charge in [-0.1, -0.05) is 35.3 Å². The molecule has 0 aliphatic rings. The van der Waals surface area contributed by atoms with E-state index in [0.717, 1.165) is 16.5 Å². The fraction of sp³-hybridized carbons (Fsp3) is 0.188. The second kappa shape index (κ2) is 7.30. The summed E-state index contributed by atoms with van der Waals surface area (Å²) in [4.78, 5) is 12.2. The molecule has 0 radical (unpaired) electrons. The first-order valence-electron chi connectivity index (χ1n) is 6.46. The summed E-state index contributed by atoms with van der Waals surface area (Å²) in [5, 5.41) is 4.19. The fourth-order valence-corrected chi connectivity index (χ4v) is 2.52. The van der Waals surface area contributed by atoms with E-state index in [-0.39, 0.29) is 11.9 Å². The summed E-state index contributed by atoms with van der Waals surface area (Å²) >= 11 is 15.2. The van der Waals surface area contributed by atoms with Crippen LogP contribution in [0.25, 0.3) is 0 Å². The lowest BCUT2D eigenvalue weighted by atomic mass is 10.1. The highest BCUT2D eigenvalue weighted by Gasteiger charge is 2.11. The van der Waals surface area contributed by atoms with Crippen LogP contribution in [-0.2, 0) is 6.42 Å². The Morgan fingerprint density at radius 1 is 1.19 bits per heavy atom. The summed E-state index contributed by atoms with van der Waals surface area (Å²) in [5.74, 6) is -0.133. The van der Waals surface area contributed by atoms with Crippen LogP contribution in [0.4, 0.5) is 0 Å². The average molecular weight is 387 g/mol. The van der Waals surface area contributed by atoms with E-state index in [0.29, 0.717) is 15.6 Å². The van der Waals surface area contributed by atoms with Crippen molar-refractivity contribution in [2.45, 2.75) is 19.4 Å². The molecule has 0 spiro atoms. The number of nitrogens with one attached hydrogen (secondary N) is 1. The van der Waals surface area contributed by atoms with Crippen molar-refractivity contribution < 1.29 is 4.79 Å². The molecule has 0 heterocycles. The summed E-state index contributed by atoms with van der Waals surface area (Å²) in [6.45, 7) is 1.97. The lowest BCUT2D eigenvalue weighted by molar-refractivity contribution is 0.0940. The molecule has 21 heavy (non-hydrogen) atoms. The third-order valence-corrected chi connectivity index (χ3v) is 4.50. The van der Waals surface area contributed by atoms with Crippen LogP contribution in [0.3, 0.4) is 0 Å². The molecular weight excluding hydrogens is 373 g/mol. The smallest absolute Gasteiger partial charge is 0.251 e. The SMILES string of the molecule is CC(Cc1ccc(Cl)cc1)NC(=O)c1ccc(Br)c(Cl)c1. The number of hydrogen-bond donors (Lipinski definition) is 1. The Labute approximate surface area is 142 Å². The first kappa shape index (κ1) is 16.3. The third-order valence-electron chi connectivity index (χ3n) is 3.01. The number of amides is 1. The lowest BCUT2D eigenvalue weighted by Gasteiger charge is -2.14. The Hall–Kier alpha value is -1.03. The minimum absolute atomic E-state index is 0.0149. The van der Waals surface area contributed by atoms with Crippen molar-refractivity contribution in [3.8, 4) is 0 Å². The topological polar surface area (TPSA) is 29.1 Å². The Morgan fingerprint density at radius 3 is 2.48 bits per heavy atom. The molecule has 2 rings (SSSR count). The maximum Gasteiger partial charge on any atom is 0.251 e. The van der Waals surface area contributed by atoms with Crippen molar-refractivity contribution in [2.75, 3.05) is 0 Å². The van der Waals surface area contributed by atoms with Crippen LogP contribution in [0.15, 0.2) is 46.9 Å². The van der Waals surface area contributed by atoms with Gasteiger partial charge in [0.2, 0.25) is 0 Å². The summed E-state index contributed by atoms with van der Waals surface area (Å²) in [6.07, 6.45) is 0.743. The van der Waals surface area contributed by atoms with E-state index in [1.807, 2.05) is 31.2 Å². The molecule has 110 valence electrons. The van der Waals surface area contributed by atoms with Gasteiger partial charge in [0.15, 0.2) is 0 Å². The second-order valence-electron chi connectivity index (χ2n) is 4.83. The monoisotopic (exact) mass is 385 g/mol. The second-order valence-corrected chi connectivity index (χ2v) is 6.53. The van der Waals surface area contributed by atoms with E-state index in [1.54, 1.807) is 18.2 Å². The van der Waals surface area contributed by atoms with Gasteiger partial charge >= 0.3 is 0 Å². The minimum Gasteiger partial charge on any atom is -0.349 e. The largest absolute Gasteiger partial charge is 0.349 e. The molecule has 1 N–H and O–H groups in total. The highest BCUT2D eigenvalue weighted by atomic mass is 79.9. The molecule has 0 saturated heterocycles. The Morgan fingerprint density at radius 2 is 1.86 bits per heavy atom. The molecule has 1 atom stereocenters. The first-order valence-corrected chi connectivity index (χ1v) is 8.01. The standard InChI is InChI=1S/C16H14BrCl2NO/c1-10(8-11-2-5-13(18)6-3-11)20-16(21)12-4-7-14(17)15(19)9-12/h2-7,9-10H,8H2,1H3,(H,20,21). The van der Waals surface area contributed by atoms with E-state index in [2.05, 4.69) is 21.2 Å². The quantitative estimate of drug-likeness (QED) is 0.776.